The Bertz CT molecular complexity index is 1410. The van der Waals surface area contributed by atoms with Gasteiger partial charge in [-0.25, -0.2) is 18.1 Å². The summed E-state index contributed by atoms with van der Waals surface area (Å²) < 4.78 is 52.1. The molecule has 2 N–H and O–H groups in total. The monoisotopic (exact) mass is 661 g/mol. The molecule has 2 heterocycles. The average molecular weight is 661 g/mol. The van der Waals surface area contributed by atoms with E-state index in [-0.39, 0.29) is 23.9 Å². The first-order valence-corrected chi connectivity index (χ1v) is 17.0. The lowest BCUT2D eigenvalue weighted by Crippen LogP contribution is -2.27. The molecule has 0 aliphatic heterocycles. The van der Waals surface area contributed by atoms with Crippen molar-refractivity contribution in [2.75, 3.05) is 33.0 Å². The van der Waals surface area contributed by atoms with Crippen LogP contribution in [0.25, 0.3) is 22.4 Å². The largest absolute Gasteiger partial charge is 0.437 e. The molecule has 0 saturated heterocycles. The van der Waals surface area contributed by atoms with Crippen molar-refractivity contribution in [3.8, 4) is 11.3 Å². The van der Waals surface area contributed by atoms with Crippen molar-refractivity contribution in [2.45, 2.75) is 38.9 Å². The van der Waals surface area contributed by atoms with Gasteiger partial charge in [-0.3, -0.25) is 9.36 Å². The van der Waals surface area contributed by atoms with E-state index in [0.29, 0.717) is 51.6 Å². The molecule has 0 fully saturated rings. The smallest absolute Gasteiger partial charge is 0.255 e. The molecule has 0 bridgehead atoms. The summed E-state index contributed by atoms with van der Waals surface area (Å²) >= 11 is 2.03. The normalized spacial score (nSPS) is 13.5. The number of halogens is 1. The minimum Gasteiger partial charge on any atom is -0.437 e. The Morgan fingerprint density at radius 1 is 1.19 bits per heavy atom. The van der Waals surface area contributed by atoms with Crippen LogP contribution in [0.5, 0.6) is 0 Å². The van der Waals surface area contributed by atoms with Crippen LogP contribution >= 0.6 is 30.0 Å². The second kappa shape index (κ2) is 12.8. The predicted octanol–water partition coefficient (Wildman–Crippen LogP) is 5.30. The first-order chi connectivity index (χ1) is 17.5. The van der Waals surface area contributed by atoms with Gasteiger partial charge in [0.1, 0.15) is 11.5 Å². The van der Waals surface area contributed by atoms with Crippen LogP contribution in [0.1, 0.15) is 47.8 Å². The Labute approximate surface area is 231 Å². The fourth-order valence-corrected chi connectivity index (χ4v) is 7.38. The molecule has 12 heteroatoms. The van der Waals surface area contributed by atoms with Gasteiger partial charge in [-0.15, -0.1) is 0 Å². The number of rotatable bonds is 13. The number of nitrogens with zero attached hydrogens (tertiary/aromatic N) is 1. The molecular weight excluding hydrogens is 628 g/mol. The highest BCUT2D eigenvalue weighted by molar-refractivity contribution is 14.1. The number of carbonyl (C=O) groups excluding carboxylic acids is 1. The maximum atomic E-state index is 12.7. The maximum Gasteiger partial charge on any atom is 0.255 e. The molecule has 202 valence electrons. The van der Waals surface area contributed by atoms with Crippen molar-refractivity contribution in [1.82, 2.24) is 15.0 Å². The minimum atomic E-state index is -3.65. The van der Waals surface area contributed by atoms with Crippen molar-refractivity contribution < 1.29 is 26.7 Å². The number of aryl methyl sites for hydroxylation is 1. The van der Waals surface area contributed by atoms with E-state index in [1.54, 1.807) is 19.8 Å². The lowest BCUT2D eigenvalue weighted by molar-refractivity contribution is 0.0964. The molecule has 0 aliphatic carbocycles. The van der Waals surface area contributed by atoms with Crippen LogP contribution < -0.4 is 10.0 Å². The van der Waals surface area contributed by atoms with Gasteiger partial charge >= 0.3 is 0 Å². The fraction of sp³-hybridized carbons (Fsp3) is 0.440. The van der Waals surface area contributed by atoms with E-state index in [9.17, 15) is 17.8 Å². The number of pyridine rings is 1. The van der Waals surface area contributed by atoms with Gasteiger partial charge in [0, 0.05) is 35.6 Å². The van der Waals surface area contributed by atoms with Crippen LogP contribution in [0.2, 0.25) is 0 Å². The number of fused-ring (bicyclic) bond motifs is 1. The van der Waals surface area contributed by atoms with E-state index in [2.05, 4.69) is 15.0 Å². The third kappa shape index (κ3) is 8.10. The van der Waals surface area contributed by atoms with Gasteiger partial charge in [0.25, 0.3) is 5.91 Å². The van der Waals surface area contributed by atoms with Crippen molar-refractivity contribution in [2.24, 2.45) is 0 Å². The summed E-state index contributed by atoms with van der Waals surface area (Å²) in [5.74, 6) is -0.239. The Hall–Kier alpha value is -1.79. The van der Waals surface area contributed by atoms with E-state index in [1.807, 2.05) is 60.7 Å². The van der Waals surface area contributed by atoms with Crippen molar-refractivity contribution in [3.63, 3.8) is 0 Å². The number of benzene rings is 1. The quantitative estimate of drug-likeness (QED) is 0.145. The van der Waals surface area contributed by atoms with Gasteiger partial charge < -0.3 is 14.3 Å². The van der Waals surface area contributed by atoms with Crippen LogP contribution in [-0.2, 0) is 24.9 Å². The van der Waals surface area contributed by atoms with Crippen LogP contribution in [0.15, 0.2) is 34.7 Å². The van der Waals surface area contributed by atoms with Crippen LogP contribution in [0, 0.1) is 10.5 Å². The second-order valence-corrected chi connectivity index (χ2v) is 14.6. The average Bonchev–Trinajstić information content (AvgIpc) is 3.19. The molecule has 1 unspecified atom stereocenters. The van der Waals surface area contributed by atoms with Crippen molar-refractivity contribution in [1.29, 1.82) is 0 Å². The molecule has 3 rings (SSSR count). The Kier molecular flexibility index (Phi) is 10.3. The van der Waals surface area contributed by atoms with Crippen molar-refractivity contribution >= 4 is 57.0 Å². The number of aromatic nitrogens is 1. The highest BCUT2D eigenvalue weighted by Gasteiger charge is 2.25. The van der Waals surface area contributed by atoms with Gasteiger partial charge in [0.2, 0.25) is 15.7 Å². The van der Waals surface area contributed by atoms with Gasteiger partial charge in [-0.1, -0.05) is 36.2 Å². The van der Waals surface area contributed by atoms with Crippen LogP contribution in [0.3, 0.4) is 0 Å². The Morgan fingerprint density at radius 2 is 1.89 bits per heavy atom. The molecule has 0 radical (unpaired) electrons. The molecule has 0 spiro atoms. The van der Waals surface area contributed by atoms with E-state index in [0.717, 1.165) is 17.5 Å². The summed E-state index contributed by atoms with van der Waals surface area (Å²) in [5.41, 5.74) is 2.72. The van der Waals surface area contributed by atoms with E-state index < -0.39 is 17.4 Å². The highest BCUT2D eigenvalue weighted by atomic mass is 127. The van der Waals surface area contributed by atoms with E-state index in [1.165, 1.54) is 0 Å². The molecule has 0 saturated carbocycles. The van der Waals surface area contributed by atoms with Gasteiger partial charge in [-0.05, 0) is 55.3 Å². The molecule has 0 aliphatic rings. The summed E-state index contributed by atoms with van der Waals surface area (Å²) in [5, 5.41) is 3.17. The van der Waals surface area contributed by atoms with Crippen LogP contribution in [0.4, 0.5) is 0 Å². The first kappa shape index (κ1) is 29.8. The van der Waals surface area contributed by atoms with Gasteiger partial charge in [0.05, 0.1) is 23.3 Å². The third-order valence-corrected chi connectivity index (χ3v) is 9.93. The molecule has 9 nitrogen and oxygen atoms in total. The zero-order valence-corrected chi connectivity index (χ0v) is 25.3. The van der Waals surface area contributed by atoms with E-state index in [4.69, 9.17) is 8.94 Å². The Morgan fingerprint density at radius 3 is 2.54 bits per heavy atom. The van der Waals surface area contributed by atoms with Crippen molar-refractivity contribution in [3.05, 3.63) is 50.7 Å². The van der Waals surface area contributed by atoms with E-state index >= 15 is 0 Å². The lowest BCUT2D eigenvalue weighted by atomic mass is 10.0. The number of carbonyl (C=O) groups is 1. The number of hydrogen-bond acceptors (Lipinski definition) is 7. The molecule has 1 aromatic carbocycles. The summed E-state index contributed by atoms with van der Waals surface area (Å²) in [7, 11) is -4.66. The molecule has 1 atom stereocenters. The number of nitrogens with one attached hydrogen (secondary N) is 2. The lowest BCUT2D eigenvalue weighted by Gasteiger charge is -2.12. The zero-order valence-electron chi connectivity index (χ0n) is 21.5. The number of hydrogen-bond donors (Lipinski definition) is 2. The minimum absolute atomic E-state index is 0.207. The fourth-order valence-electron chi connectivity index (χ4n) is 3.89. The number of furan rings is 1. The predicted molar refractivity (Wildman–Crippen MR) is 155 cm³/mol. The standard InChI is InChI=1S/C25H33IN3O6PS/c1-5-34-36(4,31)14-8-6-7-13-28-37(32,33)16-21-20(26)15-19-22(24(30)27-3)23(35-25(19)29-21)18-11-9-17(2)10-12-18/h9-12,15,28H,5-8,13-14,16H2,1-4H3,(H,27,30). The molecular formula is C25H33IN3O6PS. The topological polar surface area (TPSA) is 128 Å². The molecule has 3 aromatic rings. The van der Waals surface area contributed by atoms with Gasteiger partial charge in [0.15, 0.2) is 7.37 Å². The zero-order chi connectivity index (χ0) is 27.2. The molecule has 1 amide bonds. The Balaban J connectivity index is 1.74. The number of unbranched alkanes of at least 4 members (excludes halogenated alkanes) is 2. The third-order valence-electron chi connectivity index (χ3n) is 5.77. The summed E-state index contributed by atoms with van der Waals surface area (Å²) in [6, 6.07) is 9.33. The highest BCUT2D eigenvalue weighted by Crippen LogP contribution is 2.43. The summed E-state index contributed by atoms with van der Waals surface area (Å²) in [6.45, 7) is 6.12. The number of sulfonamides is 1. The SMILES string of the molecule is CCOP(C)(=O)CCCCCNS(=O)(=O)Cc1nc2oc(-c3ccc(C)cc3)c(C(=O)NC)c2cc1I. The molecule has 37 heavy (non-hydrogen) atoms. The van der Waals surface area contributed by atoms with Gasteiger partial charge in [-0.2, -0.15) is 0 Å². The maximum absolute atomic E-state index is 12.7. The van der Waals surface area contributed by atoms with Crippen LogP contribution in [-0.4, -0.2) is 52.3 Å². The number of amides is 1. The summed E-state index contributed by atoms with van der Waals surface area (Å²) in [6.07, 6.45) is 2.57. The second-order valence-electron chi connectivity index (χ2n) is 8.89. The summed E-state index contributed by atoms with van der Waals surface area (Å²) in [4.78, 5) is 17.2. The molecule has 2 aromatic heterocycles. The first-order valence-electron chi connectivity index (χ1n) is 12.1.